The van der Waals surface area contributed by atoms with Gasteiger partial charge in [0.15, 0.2) is 0 Å². The largest absolute Gasteiger partial charge is 0.388 e. The molecule has 0 radical (unpaired) electrons. The minimum absolute atomic E-state index is 0.0965. The summed E-state index contributed by atoms with van der Waals surface area (Å²) in [6.45, 7) is 1.96. The highest BCUT2D eigenvalue weighted by Crippen LogP contribution is 2.18. The molecule has 2 aromatic rings. The molecule has 72 valence electrons. The quantitative estimate of drug-likeness (QED) is 0.710. The first-order chi connectivity index (χ1) is 6.72. The van der Waals surface area contributed by atoms with Crippen LogP contribution in [0.5, 0.6) is 0 Å². The third kappa shape index (κ3) is 1.25. The Morgan fingerprint density at radius 3 is 2.93 bits per heavy atom. The molecule has 0 aliphatic heterocycles. The number of hydrogen-bond acceptors (Lipinski definition) is 3. The molecule has 1 aromatic carbocycles. The lowest BCUT2D eigenvalue weighted by Gasteiger charge is -2.05. The number of nitrogens with one attached hydrogen (secondary N) is 2. The molecule has 0 amide bonds. The van der Waals surface area contributed by atoms with Crippen LogP contribution in [0, 0.1) is 6.92 Å². The van der Waals surface area contributed by atoms with Crippen LogP contribution in [0.2, 0.25) is 0 Å². The van der Waals surface area contributed by atoms with Crippen LogP contribution in [0.15, 0.2) is 23.3 Å². The Balaban J connectivity index is 2.86. The minimum atomic E-state index is -0.0965. The molecule has 0 saturated heterocycles. The van der Waals surface area contributed by atoms with Gasteiger partial charge in [-0.15, -0.1) is 0 Å². The van der Waals surface area contributed by atoms with Gasteiger partial charge in [0.25, 0.3) is 5.56 Å². The number of anilines is 1. The molecule has 1 aromatic heterocycles. The maximum atomic E-state index is 11.4. The van der Waals surface area contributed by atoms with Crippen molar-refractivity contribution in [2.45, 2.75) is 6.92 Å². The van der Waals surface area contributed by atoms with Crippen LogP contribution in [-0.2, 0) is 0 Å². The second-order valence-electron chi connectivity index (χ2n) is 3.17. The molecule has 2 N–H and O–H groups in total. The smallest absolute Gasteiger partial charge is 0.258 e. The molecule has 0 aliphatic rings. The van der Waals surface area contributed by atoms with Crippen molar-refractivity contribution >= 4 is 16.6 Å². The Bertz CT molecular complexity index is 530. The van der Waals surface area contributed by atoms with Crippen molar-refractivity contribution in [2.75, 3.05) is 12.4 Å². The van der Waals surface area contributed by atoms with Crippen LogP contribution in [0.1, 0.15) is 5.56 Å². The number of H-pyrrole nitrogens is 1. The highest BCUT2D eigenvalue weighted by atomic mass is 16.1. The molecule has 4 nitrogen and oxygen atoms in total. The highest BCUT2D eigenvalue weighted by molar-refractivity contribution is 5.82. The maximum Gasteiger partial charge on any atom is 0.258 e. The molecule has 0 spiro atoms. The molecule has 4 heteroatoms. The zero-order valence-electron chi connectivity index (χ0n) is 8.09. The number of rotatable bonds is 1. The number of benzene rings is 1. The Hall–Kier alpha value is -1.84. The van der Waals surface area contributed by atoms with Crippen LogP contribution in [0.3, 0.4) is 0 Å². The summed E-state index contributed by atoms with van der Waals surface area (Å²) in [6, 6.07) is 3.72. The summed E-state index contributed by atoms with van der Waals surface area (Å²) in [5, 5.41) is 3.68. The average molecular weight is 189 g/mol. The second-order valence-corrected chi connectivity index (χ2v) is 3.17. The van der Waals surface area contributed by atoms with Gasteiger partial charge in [0, 0.05) is 12.7 Å². The minimum Gasteiger partial charge on any atom is -0.388 e. The molecule has 0 atom stereocenters. The molecule has 0 unspecified atom stereocenters. The number of hydrogen-bond donors (Lipinski definition) is 2. The molecule has 1 heterocycles. The van der Waals surface area contributed by atoms with Crippen molar-refractivity contribution in [3.8, 4) is 0 Å². The number of nitrogens with zero attached hydrogens (tertiary/aromatic N) is 1. The van der Waals surface area contributed by atoms with Crippen LogP contribution in [0.4, 0.5) is 5.69 Å². The van der Waals surface area contributed by atoms with E-state index < -0.39 is 0 Å². The summed E-state index contributed by atoms with van der Waals surface area (Å²) in [6.07, 6.45) is 1.42. The van der Waals surface area contributed by atoms with Crippen LogP contribution in [-0.4, -0.2) is 17.0 Å². The van der Waals surface area contributed by atoms with Crippen LogP contribution < -0.4 is 10.9 Å². The predicted molar refractivity (Wildman–Crippen MR) is 56.6 cm³/mol. The molecular formula is C10H11N3O. The fourth-order valence-corrected chi connectivity index (χ4v) is 1.49. The van der Waals surface area contributed by atoms with E-state index in [-0.39, 0.29) is 5.56 Å². The molecule has 0 aliphatic carbocycles. The standard InChI is InChI=1S/C10H11N3O/c1-6-3-7-9(4-8(6)11-2)12-5-13-10(7)14/h3-5,11H,1-2H3,(H,12,13,14). The number of aryl methyl sites for hydroxylation is 1. The van der Waals surface area contributed by atoms with Crippen molar-refractivity contribution in [1.82, 2.24) is 9.97 Å². The van der Waals surface area contributed by atoms with E-state index in [1.54, 1.807) is 0 Å². The monoisotopic (exact) mass is 189 g/mol. The topological polar surface area (TPSA) is 57.8 Å². The van der Waals surface area contributed by atoms with E-state index in [1.807, 2.05) is 26.1 Å². The molecule has 0 bridgehead atoms. The third-order valence-corrected chi connectivity index (χ3v) is 2.26. The molecule has 0 fully saturated rings. The summed E-state index contributed by atoms with van der Waals surface area (Å²) >= 11 is 0. The van der Waals surface area contributed by atoms with Crippen molar-refractivity contribution in [3.05, 3.63) is 34.4 Å². The third-order valence-electron chi connectivity index (χ3n) is 2.26. The van der Waals surface area contributed by atoms with Gasteiger partial charge in [0.1, 0.15) is 0 Å². The van der Waals surface area contributed by atoms with E-state index >= 15 is 0 Å². The summed E-state index contributed by atoms with van der Waals surface area (Å²) in [5.41, 5.74) is 2.65. The normalized spacial score (nSPS) is 10.4. The number of fused-ring (bicyclic) bond motifs is 1. The van der Waals surface area contributed by atoms with E-state index in [1.165, 1.54) is 6.33 Å². The van der Waals surface area contributed by atoms with E-state index in [0.717, 1.165) is 11.3 Å². The zero-order valence-corrected chi connectivity index (χ0v) is 8.09. The van der Waals surface area contributed by atoms with Gasteiger partial charge in [-0.1, -0.05) is 0 Å². The lowest BCUT2D eigenvalue weighted by Crippen LogP contribution is -2.07. The van der Waals surface area contributed by atoms with Gasteiger partial charge < -0.3 is 10.3 Å². The second kappa shape index (κ2) is 3.14. The van der Waals surface area contributed by atoms with Crippen LogP contribution >= 0.6 is 0 Å². The first-order valence-electron chi connectivity index (χ1n) is 4.38. The molecule has 2 rings (SSSR count). The summed E-state index contributed by atoms with van der Waals surface area (Å²) in [4.78, 5) is 18.1. The average Bonchev–Trinajstić information content (AvgIpc) is 2.19. The maximum absolute atomic E-state index is 11.4. The Morgan fingerprint density at radius 2 is 2.21 bits per heavy atom. The predicted octanol–water partition coefficient (Wildman–Crippen LogP) is 1.27. The molecular weight excluding hydrogens is 178 g/mol. The summed E-state index contributed by atoms with van der Waals surface area (Å²) < 4.78 is 0. The zero-order chi connectivity index (χ0) is 10.1. The van der Waals surface area contributed by atoms with Gasteiger partial charge in [-0.2, -0.15) is 0 Å². The van der Waals surface area contributed by atoms with Gasteiger partial charge >= 0.3 is 0 Å². The Morgan fingerprint density at radius 1 is 1.43 bits per heavy atom. The van der Waals surface area contributed by atoms with Gasteiger partial charge in [-0.3, -0.25) is 4.79 Å². The van der Waals surface area contributed by atoms with E-state index in [0.29, 0.717) is 10.9 Å². The van der Waals surface area contributed by atoms with Gasteiger partial charge in [0.05, 0.1) is 17.2 Å². The first-order valence-corrected chi connectivity index (χ1v) is 4.38. The van der Waals surface area contributed by atoms with Gasteiger partial charge in [-0.05, 0) is 24.6 Å². The Labute approximate surface area is 81.0 Å². The summed E-state index contributed by atoms with van der Waals surface area (Å²) in [5.74, 6) is 0. The lowest BCUT2D eigenvalue weighted by atomic mass is 10.1. The van der Waals surface area contributed by atoms with E-state index in [9.17, 15) is 4.79 Å². The first kappa shape index (κ1) is 8.74. The highest BCUT2D eigenvalue weighted by Gasteiger charge is 2.03. The van der Waals surface area contributed by atoms with E-state index in [4.69, 9.17) is 0 Å². The van der Waals surface area contributed by atoms with Crippen molar-refractivity contribution < 1.29 is 0 Å². The van der Waals surface area contributed by atoms with Gasteiger partial charge in [-0.25, -0.2) is 4.98 Å². The fourth-order valence-electron chi connectivity index (χ4n) is 1.49. The number of aromatic nitrogens is 2. The van der Waals surface area contributed by atoms with Crippen molar-refractivity contribution in [3.63, 3.8) is 0 Å². The van der Waals surface area contributed by atoms with Crippen molar-refractivity contribution in [2.24, 2.45) is 0 Å². The Kier molecular flexibility index (Phi) is 1.96. The van der Waals surface area contributed by atoms with Crippen molar-refractivity contribution in [1.29, 1.82) is 0 Å². The summed E-state index contributed by atoms with van der Waals surface area (Å²) in [7, 11) is 1.85. The van der Waals surface area contributed by atoms with Crippen LogP contribution in [0.25, 0.3) is 10.9 Å². The van der Waals surface area contributed by atoms with Gasteiger partial charge in [0.2, 0.25) is 0 Å². The number of aromatic amines is 1. The fraction of sp³-hybridized carbons (Fsp3) is 0.200. The molecule has 0 saturated carbocycles. The lowest BCUT2D eigenvalue weighted by molar-refractivity contribution is 1.17. The SMILES string of the molecule is CNc1cc2nc[nH]c(=O)c2cc1C. The molecule has 14 heavy (non-hydrogen) atoms. The van der Waals surface area contributed by atoms with E-state index in [2.05, 4.69) is 15.3 Å².